The fraction of sp³-hybridized carbons (Fsp3) is 0.567. The molecule has 0 saturated carbocycles. The molecule has 0 radical (unpaired) electrons. The van der Waals surface area contributed by atoms with Crippen LogP contribution in [0.3, 0.4) is 0 Å². The van der Waals surface area contributed by atoms with Crippen LogP contribution in [0.25, 0.3) is 0 Å². The van der Waals surface area contributed by atoms with Gasteiger partial charge in [0.05, 0.1) is 6.61 Å². The fourth-order valence-corrected chi connectivity index (χ4v) is 4.48. The van der Waals surface area contributed by atoms with Gasteiger partial charge >= 0.3 is 5.97 Å². The monoisotopic (exact) mass is 468 g/mol. The van der Waals surface area contributed by atoms with Gasteiger partial charge < -0.3 is 14.9 Å². The predicted molar refractivity (Wildman–Crippen MR) is 140 cm³/mol. The summed E-state index contributed by atoms with van der Waals surface area (Å²) in [5, 5.41) is 20.0. The van der Waals surface area contributed by atoms with E-state index in [-0.39, 0.29) is 17.5 Å². The summed E-state index contributed by atoms with van der Waals surface area (Å²) < 4.78 is 5.54. The first-order chi connectivity index (χ1) is 16.3. The number of carbonyl (C=O) groups is 1. The average molecular weight is 469 g/mol. The molecule has 34 heavy (non-hydrogen) atoms. The highest BCUT2D eigenvalue weighted by Gasteiger charge is 2.31. The van der Waals surface area contributed by atoms with Crippen LogP contribution >= 0.6 is 0 Å². The largest absolute Gasteiger partial charge is 0.508 e. The number of ether oxygens (including phenoxy) is 1. The molecule has 4 nitrogen and oxygen atoms in total. The van der Waals surface area contributed by atoms with Gasteiger partial charge in [-0.2, -0.15) is 0 Å². The number of benzene rings is 2. The van der Waals surface area contributed by atoms with E-state index in [1.54, 1.807) is 12.1 Å². The lowest BCUT2D eigenvalue weighted by atomic mass is 9.72. The van der Waals surface area contributed by atoms with E-state index in [0.29, 0.717) is 19.4 Å². The average Bonchev–Trinajstić information content (AvgIpc) is 2.82. The van der Waals surface area contributed by atoms with Gasteiger partial charge in [0, 0.05) is 11.8 Å². The van der Waals surface area contributed by atoms with Gasteiger partial charge in [0.25, 0.3) is 0 Å². The van der Waals surface area contributed by atoms with Crippen LogP contribution < -0.4 is 0 Å². The Morgan fingerprint density at radius 1 is 0.794 bits per heavy atom. The molecule has 0 atom stereocenters. The second kappa shape index (κ2) is 14.0. The normalized spacial score (nSPS) is 11.5. The Labute approximate surface area is 206 Å². The number of phenols is 2. The minimum atomic E-state index is -0.451. The molecule has 0 aliphatic carbocycles. The summed E-state index contributed by atoms with van der Waals surface area (Å²) in [6, 6.07) is 11.2. The number of esters is 1. The Morgan fingerprint density at radius 3 is 1.74 bits per heavy atom. The molecule has 2 N–H and O–H groups in total. The molecule has 188 valence electrons. The number of hydrogen-bond donors (Lipinski definition) is 2. The van der Waals surface area contributed by atoms with Crippen LogP contribution in [-0.2, 0) is 14.9 Å². The minimum absolute atomic E-state index is 0.170. The first-order valence-electron chi connectivity index (χ1n) is 13.0. The van der Waals surface area contributed by atoms with Crippen LogP contribution in [-0.4, -0.2) is 22.8 Å². The van der Waals surface area contributed by atoms with Gasteiger partial charge in [-0.1, -0.05) is 89.5 Å². The van der Waals surface area contributed by atoms with E-state index < -0.39 is 5.41 Å². The smallest absolute Gasteiger partial charge is 0.305 e. The van der Waals surface area contributed by atoms with Crippen molar-refractivity contribution >= 4 is 5.97 Å². The second-order valence-electron chi connectivity index (χ2n) is 9.88. The van der Waals surface area contributed by atoms with E-state index in [4.69, 9.17) is 4.74 Å². The molecule has 2 aromatic rings. The lowest BCUT2D eigenvalue weighted by Gasteiger charge is -2.32. The molecule has 0 fully saturated rings. The van der Waals surface area contributed by atoms with E-state index in [0.717, 1.165) is 35.1 Å². The van der Waals surface area contributed by atoms with Crippen LogP contribution in [0.5, 0.6) is 11.5 Å². The maximum Gasteiger partial charge on any atom is 0.305 e. The van der Waals surface area contributed by atoms with Gasteiger partial charge in [0.15, 0.2) is 0 Å². The first-order valence-corrected chi connectivity index (χ1v) is 13.0. The molecule has 0 aromatic heterocycles. The number of phenolic OH excluding ortho intramolecular Hbond substituents is 2. The predicted octanol–water partition coefficient (Wildman–Crippen LogP) is 7.87. The Kier molecular flexibility index (Phi) is 11.5. The zero-order chi connectivity index (χ0) is 25.0. The quantitative estimate of drug-likeness (QED) is 0.206. The topological polar surface area (TPSA) is 66.8 Å². The van der Waals surface area contributed by atoms with E-state index >= 15 is 0 Å². The number of rotatable bonds is 15. The molecule has 0 unspecified atom stereocenters. The number of carbonyl (C=O) groups excluding carboxylic acids is 1. The number of unbranched alkanes of at least 4 members (excludes halogenated alkanes) is 8. The summed E-state index contributed by atoms with van der Waals surface area (Å²) >= 11 is 0. The molecular formula is C30H44O4. The van der Waals surface area contributed by atoms with E-state index in [9.17, 15) is 15.0 Å². The van der Waals surface area contributed by atoms with Crippen LogP contribution in [0.15, 0.2) is 36.4 Å². The zero-order valence-corrected chi connectivity index (χ0v) is 21.7. The van der Waals surface area contributed by atoms with Crippen molar-refractivity contribution in [3.05, 3.63) is 58.7 Å². The third-order valence-corrected chi connectivity index (χ3v) is 7.01. The first kappa shape index (κ1) is 27.8. The molecular weight excluding hydrogens is 424 g/mol. The Balaban J connectivity index is 1.90. The molecule has 0 aliphatic heterocycles. The van der Waals surface area contributed by atoms with Crippen LogP contribution in [0.4, 0.5) is 0 Å². The molecule has 0 bridgehead atoms. The Hall–Kier alpha value is -2.49. The maximum absolute atomic E-state index is 12.5. The molecule has 4 heteroatoms. The van der Waals surface area contributed by atoms with Crippen LogP contribution in [0.1, 0.15) is 107 Å². The molecule has 0 aliphatic rings. The zero-order valence-electron chi connectivity index (χ0n) is 21.7. The van der Waals surface area contributed by atoms with Gasteiger partial charge in [0.1, 0.15) is 11.5 Å². The lowest BCUT2D eigenvalue weighted by Crippen LogP contribution is -2.25. The highest BCUT2D eigenvalue weighted by molar-refractivity contribution is 5.69. The molecule has 0 spiro atoms. The second-order valence-corrected chi connectivity index (χ2v) is 9.88. The SMILES string of the molecule is CCCCCCCCCCCOC(=O)CCC(C)(c1ccc(O)c(C)c1)c1ccc(O)c(C)c1. The van der Waals surface area contributed by atoms with Crippen molar-refractivity contribution in [3.63, 3.8) is 0 Å². The van der Waals surface area contributed by atoms with Gasteiger partial charge in [-0.25, -0.2) is 0 Å². The van der Waals surface area contributed by atoms with Crippen molar-refractivity contribution in [3.8, 4) is 11.5 Å². The summed E-state index contributed by atoms with van der Waals surface area (Å²) in [7, 11) is 0. The lowest BCUT2D eigenvalue weighted by molar-refractivity contribution is -0.144. The summed E-state index contributed by atoms with van der Waals surface area (Å²) in [4.78, 5) is 12.5. The third-order valence-electron chi connectivity index (χ3n) is 7.01. The van der Waals surface area contributed by atoms with Gasteiger partial charge in [-0.15, -0.1) is 0 Å². The van der Waals surface area contributed by atoms with Crippen molar-refractivity contribution in [1.82, 2.24) is 0 Å². The van der Waals surface area contributed by atoms with Crippen LogP contribution in [0.2, 0.25) is 0 Å². The molecule has 0 saturated heterocycles. The summed E-state index contributed by atoms with van der Waals surface area (Å²) in [5.41, 5.74) is 3.20. The van der Waals surface area contributed by atoms with E-state index in [2.05, 4.69) is 13.8 Å². The van der Waals surface area contributed by atoms with Gasteiger partial charge in [0.2, 0.25) is 0 Å². The van der Waals surface area contributed by atoms with Crippen molar-refractivity contribution in [2.45, 2.75) is 104 Å². The summed E-state index contributed by atoms with van der Waals surface area (Å²) in [6.45, 7) is 8.59. The molecule has 2 aromatic carbocycles. The number of aromatic hydroxyl groups is 2. The van der Waals surface area contributed by atoms with E-state index in [1.807, 2.05) is 38.1 Å². The van der Waals surface area contributed by atoms with Crippen molar-refractivity contribution in [2.24, 2.45) is 0 Å². The molecule has 2 rings (SSSR count). The molecule has 0 heterocycles. The van der Waals surface area contributed by atoms with Crippen molar-refractivity contribution < 1.29 is 19.7 Å². The van der Waals surface area contributed by atoms with Crippen LogP contribution in [0, 0.1) is 13.8 Å². The summed E-state index contributed by atoms with van der Waals surface area (Å²) in [6.07, 6.45) is 12.0. The summed E-state index contributed by atoms with van der Waals surface area (Å²) in [5.74, 6) is 0.346. The number of aryl methyl sites for hydroxylation is 2. The fourth-order valence-electron chi connectivity index (χ4n) is 4.48. The Morgan fingerprint density at radius 2 is 1.26 bits per heavy atom. The maximum atomic E-state index is 12.5. The van der Waals surface area contributed by atoms with Crippen molar-refractivity contribution in [1.29, 1.82) is 0 Å². The highest BCUT2D eigenvalue weighted by Crippen LogP contribution is 2.39. The highest BCUT2D eigenvalue weighted by atomic mass is 16.5. The third kappa shape index (κ3) is 8.38. The van der Waals surface area contributed by atoms with Crippen molar-refractivity contribution in [2.75, 3.05) is 6.61 Å². The molecule has 0 amide bonds. The standard InChI is InChI=1S/C30H44O4/c1-5-6-7-8-9-10-11-12-13-20-34-29(33)18-19-30(4,25-14-16-27(31)23(2)21-25)26-15-17-28(32)24(3)22-26/h14-17,21-22,31-32H,5-13,18-20H2,1-4H3. The minimum Gasteiger partial charge on any atom is -0.508 e. The van der Waals surface area contributed by atoms with Gasteiger partial charge in [-0.05, 0) is 61.1 Å². The number of hydrogen-bond acceptors (Lipinski definition) is 4. The Bertz CT molecular complexity index is 851. The van der Waals surface area contributed by atoms with Gasteiger partial charge in [-0.3, -0.25) is 4.79 Å². The van der Waals surface area contributed by atoms with E-state index in [1.165, 1.54) is 44.9 Å².